The minimum Gasteiger partial charge on any atom is -0.448 e. The van der Waals surface area contributed by atoms with Crippen LogP contribution in [0, 0.1) is 0 Å². The number of aromatic nitrogens is 4. The van der Waals surface area contributed by atoms with E-state index in [1.54, 1.807) is 28.4 Å². The number of thioether (sulfide) groups is 2. The van der Waals surface area contributed by atoms with Gasteiger partial charge in [-0.15, -0.1) is 16.9 Å². The first-order valence-electron chi connectivity index (χ1n) is 11.2. The predicted octanol–water partition coefficient (Wildman–Crippen LogP) is 3.04. The Morgan fingerprint density at radius 3 is 2.42 bits per heavy atom. The number of rotatable bonds is 9. The van der Waals surface area contributed by atoms with Crippen LogP contribution in [0.3, 0.4) is 0 Å². The number of fused-ring (bicyclic) bond motifs is 1. The zero-order valence-corrected chi connectivity index (χ0v) is 22.1. The topological polar surface area (TPSA) is 102 Å². The van der Waals surface area contributed by atoms with Crippen LogP contribution in [0.4, 0.5) is 0 Å². The Labute approximate surface area is 221 Å². The van der Waals surface area contributed by atoms with Gasteiger partial charge in [-0.25, -0.2) is 14.2 Å². The Kier molecular flexibility index (Phi) is 7.65. The van der Waals surface area contributed by atoms with Crippen LogP contribution in [0.15, 0.2) is 77.1 Å². The van der Waals surface area contributed by atoms with Crippen molar-refractivity contribution in [2.75, 3.05) is 17.8 Å². The number of hydrogen-bond acceptors (Lipinski definition) is 10. The highest BCUT2D eigenvalue weighted by molar-refractivity contribution is 8.01. The van der Waals surface area contributed by atoms with E-state index in [-0.39, 0.29) is 17.3 Å². The summed E-state index contributed by atoms with van der Waals surface area (Å²) >= 11 is 4.46. The molecule has 0 aliphatic carbocycles. The largest absolute Gasteiger partial charge is 0.448 e. The quantitative estimate of drug-likeness (QED) is 0.189. The number of carbonyl (C=O) groups excluding carboxylic acids is 2. The number of β-lactam (4-membered cyclic amide) rings is 1. The van der Waals surface area contributed by atoms with Gasteiger partial charge in [0.1, 0.15) is 17.1 Å². The molecule has 186 valence electrons. The molecule has 0 spiro atoms. The zero-order chi connectivity index (χ0) is 25.1. The lowest BCUT2D eigenvalue weighted by Gasteiger charge is -2.49. The van der Waals surface area contributed by atoms with E-state index in [2.05, 4.69) is 20.2 Å². The van der Waals surface area contributed by atoms with Gasteiger partial charge in [0.25, 0.3) is 0 Å². The first-order chi connectivity index (χ1) is 17.6. The van der Waals surface area contributed by atoms with Crippen LogP contribution in [0.1, 0.15) is 17.2 Å². The summed E-state index contributed by atoms with van der Waals surface area (Å²) in [6.45, 7) is 0. The Hall–Kier alpha value is -2.80. The Morgan fingerprint density at radius 1 is 1.17 bits per heavy atom. The number of amides is 1. The highest BCUT2D eigenvalue weighted by Gasteiger charge is 2.53. The minimum absolute atomic E-state index is 0.132. The molecule has 2 unspecified atom stereocenters. The second-order valence-corrected chi connectivity index (χ2v) is 10.8. The third-order valence-electron chi connectivity index (χ3n) is 5.87. The monoisotopic (exact) mass is 540 g/mol. The smallest absolute Gasteiger partial charge is 0.356 e. The molecular weight excluding hydrogens is 517 g/mol. The van der Waals surface area contributed by atoms with Crippen LogP contribution < -0.4 is 4.72 Å². The van der Waals surface area contributed by atoms with Crippen LogP contribution in [-0.4, -0.2) is 66.2 Å². The van der Waals surface area contributed by atoms with Gasteiger partial charge in [0.15, 0.2) is 6.10 Å². The van der Waals surface area contributed by atoms with Crippen LogP contribution in [0.5, 0.6) is 0 Å². The molecule has 2 atom stereocenters. The van der Waals surface area contributed by atoms with E-state index in [0.29, 0.717) is 22.4 Å². The van der Waals surface area contributed by atoms with Crippen molar-refractivity contribution < 1.29 is 14.3 Å². The van der Waals surface area contributed by atoms with Gasteiger partial charge in [-0.05, 0) is 33.4 Å². The first kappa shape index (κ1) is 24.9. The van der Waals surface area contributed by atoms with Crippen molar-refractivity contribution in [3.05, 3.63) is 83.1 Å². The Bertz CT molecular complexity index is 1230. The number of esters is 1. The minimum atomic E-state index is -0.603. The molecule has 0 saturated carbocycles. The van der Waals surface area contributed by atoms with Crippen molar-refractivity contribution in [2.45, 2.75) is 22.7 Å². The van der Waals surface area contributed by atoms with Crippen molar-refractivity contribution in [2.24, 2.45) is 7.05 Å². The molecule has 1 N–H and O–H groups in total. The molecule has 1 aromatic heterocycles. The van der Waals surface area contributed by atoms with E-state index in [1.165, 1.54) is 23.7 Å². The molecule has 3 heterocycles. The summed E-state index contributed by atoms with van der Waals surface area (Å²) in [6, 6.07) is 18.9. The Morgan fingerprint density at radius 2 is 1.83 bits per heavy atom. The Balaban J connectivity index is 1.47. The average molecular weight is 541 g/mol. The van der Waals surface area contributed by atoms with Gasteiger partial charge in [-0.3, -0.25) is 9.69 Å². The summed E-state index contributed by atoms with van der Waals surface area (Å²) in [4.78, 5) is 28.5. The van der Waals surface area contributed by atoms with Crippen LogP contribution >= 0.6 is 35.5 Å². The fourth-order valence-electron chi connectivity index (χ4n) is 4.13. The molecule has 2 aromatic carbocycles. The van der Waals surface area contributed by atoms with Gasteiger partial charge in [0, 0.05) is 18.6 Å². The number of tetrazole rings is 1. The standard InChI is InChI=1S/C24H24N6O3S3/c1-29-24(25-27-28-29)36-14-17-13-35-22-18(26-34-2)21(31)30(22)19(17)23(32)33-20(15-9-5-3-6-10-15)16-11-7-4-8-12-16/h3-12,18,20,22,26H,13-14H2,1-2H3. The number of aryl methyl sites for hydroxylation is 1. The summed E-state index contributed by atoms with van der Waals surface area (Å²) < 4.78 is 10.9. The lowest BCUT2D eigenvalue weighted by molar-refractivity contribution is -0.153. The lowest BCUT2D eigenvalue weighted by atomic mass is 10.0. The van der Waals surface area contributed by atoms with Crippen molar-refractivity contribution in [1.82, 2.24) is 29.8 Å². The molecular formula is C24H24N6O3S3. The number of ether oxygens (including phenoxy) is 1. The number of carbonyl (C=O) groups is 2. The SMILES string of the molecule is CSNC1C(=O)N2C(C(=O)OC(c3ccccc3)c3ccccc3)=C(CSc3nnnn3C)CSC12. The molecule has 0 bridgehead atoms. The maximum atomic E-state index is 13.8. The number of hydrogen-bond donors (Lipinski definition) is 1. The molecule has 0 radical (unpaired) electrons. The summed E-state index contributed by atoms with van der Waals surface area (Å²) in [5, 5.41) is 12.0. The highest BCUT2D eigenvalue weighted by Crippen LogP contribution is 2.43. The summed E-state index contributed by atoms with van der Waals surface area (Å²) in [5.74, 6) is 0.419. The van der Waals surface area contributed by atoms with Gasteiger partial charge in [-0.2, -0.15) is 0 Å². The van der Waals surface area contributed by atoms with Gasteiger partial charge in [0.05, 0.1) is 0 Å². The molecule has 5 rings (SSSR count). The molecule has 1 saturated heterocycles. The third kappa shape index (κ3) is 4.90. The number of nitrogens with zero attached hydrogens (tertiary/aromatic N) is 5. The van der Waals surface area contributed by atoms with E-state index >= 15 is 0 Å². The highest BCUT2D eigenvalue weighted by atomic mass is 32.2. The summed E-state index contributed by atoms with van der Waals surface area (Å²) in [7, 11) is 1.76. The van der Waals surface area contributed by atoms with E-state index in [4.69, 9.17) is 4.74 Å². The molecule has 1 amide bonds. The van der Waals surface area contributed by atoms with Crippen molar-refractivity contribution >= 4 is 47.3 Å². The molecule has 12 heteroatoms. The normalized spacial score (nSPS) is 19.3. The van der Waals surface area contributed by atoms with Gasteiger partial charge < -0.3 is 4.74 Å². The third-order valence-corrected chi connectivity index (χ3v) is 8.80. The molecule has 2 aliphatic heterocycles. The first-order valence-corrected chi connectivity index (χ1v) is 14.5. The van der Waals surface area contributed by atoms with E-state index in [9.17, 15) is 9.59 Å². The van der Waals surface area contributed by atoms with Gasteiger partial charge >= 0.3 is 5.97 Å². The molecule has 1 fully saturated rings. The van der Waals surface area contributed by atoms with Crippen LogP contribution in [0.25, 0.3) is 0 Å². The van der Waals surface area contributed by atoms with E-state index in [0.717, 1.165) is 16.7 Å². The molecule has 2 aliphatic rings. The van der Waals surface area contributed by atoms with E-state index < -0.39 is 12.1 Å². The summed E-state index contributed by atoms with van der Waals surface area (Å²) in [5.41, 5.74) is 2.86. The van der Waals surface area contributed by atoms with Crippen molar-refractivity contribution in [1.29, 1.82) is 0 Å². The number of nitrogens with one attached hydrogen (secondary N) is 1. The predicted molar refractivity (Wildman–Crippen MR) is 141 cm³/mol. The summed E-state index contributed by atoms with van der Waals surface area (Å²) in [6.07, 6.45) is 1.28. The van der Waals surface area contributed by atoms with Crippen molar-refractivity contribution in [3.63, 3.8) is 0 Å². The maximum absolute atomic E-state index is 13.8. The molecule has 3 aromatic rings. The maximum Gasteiger partial charge on any atom is 0.356 e. The fourth-order valence-corrected chi connectivity index (χ4v) is 7.03. The van der Waals surface area contributed by atoms with Gasteiger partial charge in [-0.1, -0.05) is 84.4 Å². The molecule has 9 nitrogen and oxygen atoms in total. The number of benzene rings is 2. The second kappa shape index (κ2) is 11.1. The van der Waals surface area contributed by atoms with Crippen LogP contribution in [0.2, 0.25) is 0 Å². The van der Waals surface area contributed by atoms with Gasteiger partial charge in [0.2, 0.25) is 11.1 Å². The second-order valence-electron chi connectivity index (χ2n) is 8.14. The fraction of sp³-hybridized carbons (Fsp3) is 0.292. The zero-order valence-electron chi connectivity index (χ0n) is 19.6. The van der Waals surface area contributed by atoms with Crippen molar-refractivity contribution in [3.8, 4) is 0 Å². The average Bonchev–Trinajstić information content (AvgIpc) is 3.33. The lowest BCUT2D eigenvalue weighted by Crippen LogP contribution is -2.68. The van der Waals surface area contributed by atoms with Crippen LogP contribution in [-0.2, 0) is 21.4 Å². The molecule has 36 heavy (non-hydrogen) atoms. The van der Waals surface area contributed by atoms with E-state index in [1.807, 2.05) is 66.9 Å².